The highest BCUT2D eigenvalue weighted by Crippen LogP contribution is 2.42. The molecule has 0 saturated heterocycles. The Morgan fingerprint density at radius 1 is 1.15 bits per heavy atom. The molecule has 0 unspecified atom stereocenters. The second kappa shape index (κ2) is 9.61. The molecular formula is C12H20Cl2NO4P. The molecule has 0 saturated carbocycles. The van der Waals surface area contributed by atoms with Gasteiger partial charge < -0.3 is 9.42 Å². The quantitative estimate of drug-likeness (QED) is 0.795. The minimum absolute atomic E-state index is 0.0208. The van der Waals surface area contributed by atoms with E-state index in [9.17, 15) is 4.57 Å². The van der Waals surface area contributed by atoms with Gasteiger partial charge in [-0.3, -0.25) is 9.79 Å². The Balaban J connectivity index is 0.000000441. The van der Waals surface area contributed by atoms with E-state index < -0.39 is 7.82 Å². The highest BCUT2D eigenvalue weighted by molar-refractivity contribution is 7.46. The molecule has 1 rings (SSSR count). The zero-order chi connectivity index (χ0) is 15.8. The maximum Gasteiger partial charge on any atom is 0.524 e. The molecule has 0 aromatic heterocycles. The van der Waals surface area contributed by atoms with E-state index in [-0.39, 0.29) is 15.8 Å². The Morgan fingerprint density at radius 3 is 2.00 bits per heavy atom. The van der Waals surface area contributed by atoms with Crippen molar-refractivity contribution in [3.05, 3.63) is 28.2 Å². The minimum atomic E-state index is -4.58. The van der Waals surface area contributed by atoms with Crippen LogP contribution in [0.25, 0.3) is 0 Å². The lowest BCUT2D eigenvalue weighted by molar-refractivity contribution is 0.283. The van der Waals surface area contributed by atoms with E-state index in [4.69, 9.17) is 33.0 Å². The molecule has 0 bridgehead atoms. The lowest BCUT2D eigenvalue weighted by Crippen LogP contribution is -2.21. The molecule has 0 radical (unpaired) electrons. The summed E-state index contributed by atoms with van der Waals surface area (Å²) in [6.07, 6.45) is 0. The summed E-state index contributed by atoms with van der Waals surface area (Å²) in [5, 5.41) is 0.153. The number of hydrogen-bond donors (Lipinski definition) is 2. The molecule has 0 aliphatic carbocycles. The Bertz CT molecular complexity index is 444. The highest BCUT2D eigenvalue weighted by atomic mass is 35.5. The van der Waals surface area contributed by atoms with E-state index in [0.717, 1.165) is 0 Å². The molecule has 20 heavy (non-hydrogen) atoms. The average Bonchev–Trinajstić information content (AvgIpc) is 2.36. The maximum absolute atomic E-state index is 10.4. The van der Waals surface area contributed by atoms with Crippen molar-refractivity contribution in [1.29, 1.82) is 0 Å². The van der Waals surface area contributed by atoms with Gasteiger partial charge in [-0.15, -0.1) is 0 Å². The topological polar surface area (TPSA) is 70.0 Å². The van der Waals surface area contributed by atoms with Gasteiger partial charge in [0.15, 0.2) is 5.75 Å². The molecular weight excluding hydrogens is 324 g/mol. The van der Waals surface area contributed by atoms with Gasteiger partial charge in [-0.25, -0.2) is 4.57 Å². The fourth-order valence-electron chi connectivity index (χ4n) is 1.35. The van der Waals surface area contributed by atoms with E-state index in [1.54, 1.807) is 0 Å². The first-order valence-electron chi connectivity index (χ1n) is 6.16. The summed E-state index contributed by atoms with van der Waals surface area (Å²) < 4.78 is 14.7. The molecule has 5 nitrogen and oxygen atoms in total. The third-order valence-corrected chi connectivity index (χ3v) is 3.71. The van der Waals surface area contributed by atoms with E-state index in [0.29, 0.717) is 0 Å². The van der Waals surface area contributed by atoms with Gasteiger partial charge in [-0.05, 0) is 31.8 Å². The summed E-state index contributed by atoms with van der Waals surface area (Å²) in [5.41, 5.74) is 0. The minimum Gasteiger partial charge on any atom is -0.403 e. The molecule has 1 aromatic carbocycles. The van der Waals surface area contributed by atoms with Crippen LogP contribution in [0.3, 0.4) is 0 Å². The van der Waals surface area contributed by atoms with Gasteiger partial charge >= 0.3 is 7.82 Å². The van der Waals surface area contributed by atoms with Crippen LogP contribution < -0.4 is 4.52 Å². The number of phosphoric acid groups is 1. The van der Waals surface area contributed by atoms with Crippen LogP contribution in [-0.2, 0) is 4.57 Å². The van der Waals surface area contributed by atoms with Crippen molar-refractivity contribution >= 4 is 31.0 Å². The molecule has 0 atom stereocenters. The van der Waals surface area contributed by atoms with Crippen LogP contribution in [0.1, 0.15) is 20.8 Å². The van der Waals surface area contributed by atoms with Crippen LogP contribution in [0, 0.1) is 0 Å². The molecule has 2 N–H and O–H groups in total. The van der Waals surface area contributed by atoms with E-state index >= 15 is 0 Å². The molecule has 0 fully saturated rings. The van der Waals surface area contributed by atoms with Crippen LogP contribution in [0.4, 0.5) is 0 Å². The fourth-order valence-corrected chi connectivity index (χ4v) is 2.15. The number of nitrogens with zero attached hydrogens (tertiary/aromatic N) is 1. The number of phosphoric ester groups is 1. The van der Waals surface area contributed by atoms with Gasteiger partial charge in [-0.1, -0.05) is 50.0 Å². The number of benzene rings is 1. The molecule has 116 valence electrons. The van der Waals surface area contributed by atoms with E-state index in [2.05, 4.69) is 30.2 Å². The number of rotatable bonds is 5. The zero-order valence-corrected chi connectivity index (χ0v) is 14.1. The van der Waals surface area contributed by atoms with E-state index in [1.807, 2.05) is 0 Å². The summed E-state index contributed by atoms with van der Waals surface area (Å²) in [4.78, 5) is 19.3. The first-order valence-corrected chi connectivity index (χ1v) is 8.45. The van der Waals surface area contributed by atoms with Gasteiger partial charge in [-0.2, -0.15) is 0 Å². The Labute approximate surface area is 129 Å². The van der Waals surface area contributed by atoms with Crippen molar-refractivity contribution in [3.63, 3.8) is 0 Å². The van der Waals surface area contributed by atoms with Crippen LogP contribution in [0.15, 0.2) is 18.2 Å². The molecule has 1 aromatic rings. The van der Waals surface area contributed by atoms with Crippen LogP contribution in [0.2, 0.25) is 10.0 Å². The van der Waals surface area contributed by atoms with Crippen LogP contribution in [-0.4, -0.2) is 34.3 Å². The number of hydrogen-bond acceptors (Lipinski definition) is 3. The van der Waals surface area contributed by atoms with Crippen molar-refractivity contribution in [1.82, 2.24) is 4.90 Å². The standard InChI is InChI=1S/C6H5Cl2O4P.C6H15N/c7-4-2-1-3-5(6(4)8)12-13(9,10)11;1-4-7(5-2)6-3/h1-3H,(H2,9,10,11);4-6H2,1-3H3. The molecule has 8 heteroatoms. The van der Waals surface area contributed by atoms with Crippen molar-refractivity contribution < 1.29 is 18.9 Å². The summed E-state index contributed by atoms with van der Waals surface area (Å²) in [6.45, 7) is 10.1. The number of halogens is 2. The molecule has 0 aliphatic rings. The maximum atomic E-state index is 10.4. The summed E-state index contributed by atoms with van der Waals surface area (Å²) in [7, 11) is -4.58. The Hall–Kier alpha value is -0.290. The normalized spacial score (nSPS) is 11.0. The summed E-state index contributed by atoms with van der Waals surface area (Å²) >= 11 is 11.2. The highest BCUT2D eigenvalue weighted by Gasteiger charge is 2.18. The third-order valence-electron chi connectivity index (χ3n) is 2.48. The van der Waals surface area contributed by atoms with Gasteiger partial charge in [0.25, 0.3) is 0 Å². The second-order valence-electron chi connectivity index (χ2n) is 3.75. The molecule has 0 amide bonds. The first-order chi connectivity index (χ1) is 9.25. The van der Waals surface area contributed by atoms with Gasteiger partial charge in [0.1, 0.15) is 5.02 Å². The van der Waals surface area contributed by atoms with E-state index in [1.165, 1.54) is 37.8 Å². The largest absolute Gasteiger partial charge is 0.524 e. The Morgan fingerprint density at radius 2 is 1.65 bits per heavy atom. The third kappa shape index (κ3) is 8.10. The Kier molecular flexibility index (Phi) is 9.47. The van der Waals surface area contributed by atoms with Crippen molar-refractivity contribution in [3.8, 4) is 5.75 Å². The SMILES string of the molecule is CCN(CC)CC.O=P(O)(O)Oc1cccc(Cl)c1Cl. The van der Waals surface area contributed by atoms with Crippen molar-refractivity contribution in [2.45, 2.75) is 20.8 Å². The van der Waals surface area contributed by atoms with Crippen LogP contribution >= 0.6 is 31.0 Å². The lowest BCUT2D eigenvalue weighted by Gasteiger charge is -2.13. The van der Waals surface area contributed by atoms with Crippen molar-refractivity contribution in [2.75, 3.05) is 19.6 Å². The predicted octanol–water partition coefficient (Wildman–Crippen LogP) is 3.81. The summed E-state index contributed by atoms with van der Waals surface area (Å²) in [5.74, 6) is -0.137. The smallest absolute Gasteiger partial charge is 0.403 e. The van der Waals surface area contributed by atoms with Gasteiger partial charge in [0.2, 0.25) is 0 Å². The van der Waals surface area contributed by atoms with Gasteiger partial charge in [0, 0.05) is 0 Å². The average molecular weight is 344 g/mol. The zero-order valence-electron chi connectivity index (χ0n) is 11.7. The van der Waals surface area contributed by atoms with Crippen molar-refractivity contribution in [2.24, 2.45) is 0 Å². The summed E-state index contributed by atoms with van der Waals surface area (Å²) in [6, 6.07) is 4.27. The molecule has 0 spiro atoms. The fraction of sp³-hybridized carbons (Fsp3) is 0.500. The predicted molar refractivity (Wildman–Crippen MR) is 82.6 cm³/mol. The van der Waals surface area contributed by atoms with Gasteiger partial charge in [0.05, 0.1) is 5.02 Å². The molecule has 0 aliphatic heterocycles. The second-order valence-corrected chi connectivity index (χ2v) is 5.70. The molecule has 0 heterocycles. The van der Waals surface area contributed by atoms with Crippen LogP contribution in [0.5, 0.6) is 5.75 Å². The lowest BCUT2D eigenvalue weighted by atomic mass is 10.3. The monoisotopic (exact) mass is 343 g/mol. The first kappa shape index (κ1) is 19.7.